The second kappa shape index (κ2) is 2.77. The van der Waals surface area contributed by atoms with Crippen LogP contribution in [0.15, 0.2) is 15.9 Å². The average molecular weight is 232 g/mol. The lowest BCUT2D eigenvalue weighted by Gasteiger charge is -1.98. The van der Waals surface area contributed by atoms with Gasteiger partial charge in [-0.25, -0.2) is 9.78 Å². The van der Waals surface area contributed by atoms with E-state index in [0.29, 0.717) is 0 Å². The topological polar surface area (TPSA) is 138 Å². The van der Waals surface area contributed by atoms with Crippen LogP contribution in [0.3, 0.4) is 0 Å². The summed E-state index contributed by atoms with van der Waals surface area (Å²) >= 11 is 0. The van der Waals surface area contributed by atoms with Crippen LogP contribution in [0.2, 0.25) is 0 Å². The Balaban J connectivity index is 3.12. The number of hydrogen-bond acceptors (Lipinski definition) is 5. The van der Waals surface area contributed by atoms with Crippen molar-refractivity contribution in [2.24, 2.45) is 0 Å². The maximum Gasteiger partial charge on any atom is 0.370 e. The second-order valence-corrected chi connectivity index (χ2v) is 3.86. The summed E-state index contributed by atoms with van der Waals surface area (Å²) in [6, 6.07) is 0. The zero-order chi connectivity index (χ0) is 11.2. The fourth-order valence-electron chi connectivity index (χ4n) is 1.11. The van der Waals surface area contributed by atoms with Crippen molar-refractivity contribution in [2.45, 2.75) is 0 Å². The minimum atomic E-state index is -4.92. The molecule has 0 aliphatic rings. The number of fused-ring (bicyclic) bond motifs is 1. The third kappa shape index (κ3) is 1.35. The van der Waals surface area contributed by atoms with Crippen LogP contribution >= 0.6 is 0 Å². The molecule has 0 atom stereocenters. The summed E-state index contributed by atoms with van der Waals surface area (Å²) in [5, 5.41) is 0. The van der Waals surface area contributed by atoms with Gasteiger partial charge >= 0.3 is 16.0 Å². The fraction of sp³-hybridized carbons (Fsp3) is 0. The summed E-state index contributed by atoms with van der Waals surface area (Å²) in [7, 11) is -4.92. The summed E-state index contributed by atoms with van der Waals surface area (Å²) in [5.74, 6) is 0. The number of nitrogens with zero attached hydrogens (tertiary/aromatic N) is 2. The molecule has 0 saturated carbocycles. The Morgan fingerprint density at radius 3 is 2.67 bits per heavy atom. The van der Waals surface area contributed by atoms with Crippen LogP contribution < -0.4 is 11.2 Å². The molecule has 0 amide bonds. The van der Waals surface area contributed by atoms with Gasteiger partial charge in [-0.15, -0.1) is 3.97 Å². The zero-order valence-corrected chi connectivity index (χ0v) is 7.78. The van der Waals surface area contributed by atoms with Crippen LogP contribution in [0.4, 0.5) is 0 Å². The van der Waals surface area contributed by atoms with Gasteiger partial charge in [-0.05, 0) is 0 Å². The largest absolute Gasteiger partial charge is 0.370 e. The summed E-state index contributed by atoms with van der Waals surface area (Å²) in [6.45, 7) is 0. The van der Waals surface area contributed by atoms with Gasteiger partial charge in [0.05, 0.1) is 6.33 Å². The van der Waals surface area contributed by atoms with Gasteiger partial charge in [0.25, 0.3) is 5.56 Å². The van der Waals surface area contributed by atoms with Crippen LogP contribution in [0.5, 0.6) is 0 Å². The van der Waals surface area contributed by atoms with Crippen LogP contribution in [0, 0.1) is 0 Å². The molecule has 2 aromatic heterocycles. The molecule has 3 N–H and O–H groups in total. The van der Waals surface area contributed by atoms with E-state index in [1.807, 2.05) is 4.98 Å². The molecule has 2 aromatic rings. The van der Waals surface area contributed by atoms with Crippen molar-refractivity contribution < 1.29 is 13.0 Å². The van der Waals surface area contributed by atoms with E-state index < -0.39 is 21.6 Å². The molecule has 0 saturated heterocycles. The molecular formula is C5H4N4O5S. The standard InChI is InChI=1S/C5H4N4O5S/c10-4-2-3(7-1-6-2)8-5(11)9(4)15(12,13)14/h1H,(H,6,7)(H,8,11)(H,12,13,14). The number of aromatic nitrogens is 4. The second-order valence-electron chi connectivity index (χ2n) is 2.60. The molecule has 80 valence electrons. The van der Waals surface area contributed by atoms with Crippen molar-refractivity contribution in [3.05, 3.63) is 27.2 Å². The van der Waals surface area contributed by atoms with Crippen LogP contribution in [0.1, 0.15) is 0 Å². The van der Waals surface area contributed by atoms with Crippen LogP contribution in [0.25, 0.3) is 11.2 Å². The first-order valence-electron chi connectivity index (χ1n) is 3.57. The van der Waals surface area contributed by atoms with Gasteiger partial charge in [0.15, 0.2) is 11.2 Å². The number of nitrogens with one attached hydrogen (secondary N) is 2. The Bertz CT molecular complexity index is 735. The van der Waals surface area contributed by atoms with Gasteiger partial charge in [-0.3, -0.25) is 14.3 Å². The lowest BCUT2D eigenvalue weighted by atomic mass is 10.5. The number of rotatable bonds is 1. The quantitative estimate of drug-likeness (QED) is 0.489. The Labute approximate surface area is 81.3 Å². The van der Waals surface area contributed by atoms with Gasteiger partial charge in [-0.2, -0.15) is 8.42 Å². The van der Waals surface area contributed by atoms with Crippen molar-refractivity contribution in [3.63, 3.8) is 0 Å². The van der Waals surface area contributed by atoms with E-state index in [0.717, 1.165) is 6.33 Å². The first-order chi connectivity index (χ1) is 6.91. The average Bonchev–Trinajstić information content (AvgIpc) is 2.48. The molecule has 9 nitrogen and oxygen atoms in total. The Morgan fingerprint density at radius 1 is 1.40 bits per heavy atom. The van der Waals surface area contributed by atoms with Gasteiger partial charge in [-0.1, -0.05) is 0 Å². The summed E-state index contributed by atoms with van der Waals surface area (Å²) in [4.78, 5) is 30.4. The molecule has 2 rings (SSSR count). The van der Waals surface area contributed by atoms with E-state index in [1.165, 1.54) is 0 Å². The minimum absolute atomic E-state index is 0.0788. The van der Waals surface area contributed by atoms with E-state index in [9.17, 15) is 18.0 Å². The number of H-pyrrole nitrogens is 2. The van der Waals surface area contributed by atoms with Crippen molar-refractivity contribution in [2.75, 3.05) is 0 Å². The van der Waals surface area contributed by atoms with Crippen molar-refractivity contribution in [1.29, 1.82) is 0 Å². The van der Waals surface area contributed by atoms with Gasteiger partial charge in [0.1, 0.15) is 0 Å². The van der Waals surface area contributed by atoms with E-state index in [2.05, 4.69) is 9.97 Å². The lowest BCUT2D eigenvalue weighted by Crippen LogP contribution is -2.39. The van der Waals surface area contributed by atoms with Crippen LogP contribution in [-0.2, 0) is 10.3 Å². The Morgan fingerprint density at radius 2 is 2.07 bits per heavy atom. The number of aromatic amines is 2. The summed E-state index contributed by atoms with van der Waals surface area (Å²) < 4.78 is 29.7. The first kappa shape index (κ1) is 9.61. The highest BCUT2D eigenvalue weighted by Gasteiger charge is 2.18. The normalized spacial score (nSPS) is 12.1. The van der Waals surface area contributed by atoms with Crippen molar-refractivity contribution in [3.8, 4) is 0 Å². The molecule has 0 spiro atoms. The zero-order valence-electron chi connectivity index (χ0n) is 6.96. The molecule has 15 heavy (non-hydrogen) atoms. The third-order valence-electron chi connectivity index (χ3n) is 1.68. The molecular weight excluding hydrogens is 228 g/mol. The maximum atomic E-state index is 11.4. The summed E-state index contributed by atoms with van der Waals surface area (Å²) in [6.07, 6.45) is 1.11. The maximum absolute atomic E-state index is 11.4. The molecule has 0 unspecified atom stereocenters. The number of imidazole rings is 1. The van der Waals surface area contributed by atoms with E-state index in [-0.39, 0.29) is 15.1 Å². The molecule has 0 aromatic carbocycles. The predicted octanol–water partition coefficient (Wildman–Crippen LogP) is -1.94. The highest BCUT2D eigenvalue weighted by molar-refractivity contribution is 7.84. The fourth-order valence-corrected chi connectivity index (χ4v) is 1.66. The third-order valence-corrected chi connectivity index (χ3v) is 2.47. The van der Waals surface area contributed by atoms with Crippen molar-refractivity contribution >= 4 is 21.5 Å². The molecule has 2 heterocycles. The highest BCUT2D eigenvalue weighted by atomic mass is 32.2. The Hall–Kier alpha value is -1.94. The molecule has 0 aliphatic carbocycles. The molecule has 0 fully saturated rings. The van der Waals surface area contributed by atoms with Crippen LogP contribution in [-0.4, -0.2) is 31.9 Å². The lowest BCUT2D eigenvalue weighted by molar-refractivity contribution is 0.468. The van der Waals surface area contributed by atoms with E-state index >= 15 is 0 Å². The number of hydrogen-bond donors (Lipinski definition) is 3. The smallest absolute Gasteiger partial charge is 0.339 e. The molecule has 0 radical (unpaired) electrons. The van der Waals surface area contributed by atoms with E-state index in [1.54, 1.807) is 0 Å². The first-order valence-corrected chi connectivity index (χ1v) is 4.97. The SMILES string of the molecule is O=c1[nH]c2nc[nH]c2c(=O)n1S(=O)(=O)O. The highest BCUT2D eigenvalue weighted by Crippen LogP contribution is 1.95. The molecule has 10 heteroatoms. The van der Waals surface area contributed by atoms with Gasteiger partial charge in [0.2, 0.25) is 0 Å². The molecule has 0 bridgehead atoms. The van der Waals surface area contributed by atoms with Gasteiger partial charge in [0, 0.05) is 0 Å². The Kier molecular flexibility index (Phi) is 1.78. The van der Waals surface area contributed by atoms with E-state index in [4.69, 9.17) is 4.55 Å². The van der Waals surface area contributed by atoms with Crippen molar-refractivity contribution in [1.82, 2.24) is 18.9 Å². The summed E-state index contributed by atoms with van der Waals surface area (Å²) in [5.41, 5.74) is -2.76. The predicted molar refractivity (Wildman–Crippen MR) is 47.9 cm³/mol. The monoisotopic (exact) mass is 232 g/mol. The van der Waals surface area contributed by atoms with Gasteiger partial charge < -0.3 is 4.98 Å². The minimum Gasteiger partial charge on any atom is -0.339 e. The molecule has 0 aliphatic heterocycles.